The molecule has 2 atom stereocenters. The second-order valence-corrected chi connectivity index (χ2v) is 6.66. The second kappa shape index (κ2) is 6.77. The van der Waals surface area contributed by atoms with Gasteiger partial charge in [-0.15, -0.1) is 0 Å². The molecule has 2 aliphatic rings. The number of morpholine rings is 1. The van der Waals surface area contributed by atoms with Crippen LogP contribution in [0.3, 0.4) is 0 Å². The van der Waals surface area contributed by atoms with Gasteiger partial charge in [-0.05, 0) is 36.6 Å². The summed E-state index contributed by atoms with van der Waals surface area (Å²) in [6.45, 7) is 2.03. The average molecular weight is 325 g/mol. The second-order valence-electron chi connectivity index (χ2n) is 6.66. The average Bonchev–Trinajstić information content (AvgIpc) is 3.14. The number of amides is 1. The molecule has 0 unspecified atom stereocenters. The molecule has 126 valence electrons. The molecular weight excluding hydrogens is 302 g/mol. The molecule has 0 bridgehead atoms. The first-order valence-corrected chi connectivity index (χ1v) is 8.80. The molecule has 4 rings (SSSR count). The first-order valence-electron chi connectivity index (χ1n) is 8.80. The van der Waals surface area contributed by atoms with E-state index in [4.69, 9.17) is 4.74 Å². The minimum Gasteiger partial charge on any atom is -0.374 e. The van der Waals surface area contributed by atoms with E-state index < -0.39 is 0 Å². The Kier molecular flexibility index (Phi) is 4.34. The third-order valence-electron chi connectivity index (χ3n) is 5.07. The molecule has 1 aliphatic heterocycles. The van der Waals surface area contributed by atoms with Crippen LogP contribution in [-0.4, -0.2) is 45.9 Å². The minimum absolute atomic E-state index is 0.137. The van der Waals surface area contributed by atoms with Gasteiger partial charge in [0.2, 0.25) is 0 Å². The molecule has 2 fully saturated rings. The Labute approximate surface area is 142 Å². The van der Waals surface area contributed by atoms with Crippen molar-refractivity contribution in [1.29, 1.82) is 0 Å². The van der Waals surface area contributed by atoms with Crippen LogP contribution in [0.25, 0.3) is 0 Å². The molecule has 1 aromatic heterocycles. The van der Waals surface area contributed by atoms with E-state index in [0.29, 0.717) is 19.7 Å². The SMILES string of the molecule is O=C(c1cccc(Cn2cccn2)c1)N1CCO[C@@H]2CCCC[C@H]21. The molecule has 1 saturated heterocycles. The van der Waals surface area contributed by atoms with Crippen molar-refractivity contribution in [3.63, 3.8) is 0 Å². The molecule has 1 saturated carbocycles. The number of carbonyl (C=O) groups is 1. The quantitative estimate of drug-likeness (QED) is 0.872. The number of benzene rings is 1. The van der Waals surface area contributed by atoms with E-state index in [1.807, 2.05) is 46.1 Å². The van der Waals surface area contributed by atoms with Gasteiger partial charge in [-0.1, -0.05) is 25.0 Å². The fourth-order valence-electron chi connectivity index (χ4n) is 3.90. The van der Waals surface area contributed by atoms with E-state index in [1.165, 1.54) is 12.8 Å². The maximum absolute atomic E-state index is 13.1. The molecule has 5 heteroatoms. The molecule has 5 nitrogen and oxygen atoms in total. The van der Waals surface area contributed by atoms with Gasteiger partial charge in [-0.2, -0.15) is 5.10 Å². The Bertz CT molecular complexity index is 696. The van der Waals surface area contributed by atoms with Crippen molar-refractivity contribution < 1.29 is 9.53 Å². The Morgan fingerprint density at radius 3 is 3.04 bits per heavy atom. The number of rotatable bonds is 3. The zero-order chi connectivity index (χ0) is 16.4. The summed E-state index contributed by atoms with van der Waals surface area (Å²) in [6, 6.07) is 10.1. The van der Waals surface area contributed by atoms with Crippen molar-refractivity contribution in [2.24, 2.45) is 0 Å². The van der Waals surface area contributed by atoms with E-state index in [9.17, 15) is 4.79 Å². The lowest BCUT2D eigenvalue weighted by Crippen LogP contribution is -2.54. The summed E-state index contributed by atoms with van der Waals surface area (Å²) in [6.07, 6.45) is 8.46. The maximum Gasteiger partial charge on any atom is 0.254 e. The Morgan fingerprint density at radius 1 is 1.25 bits per heavy atom. The number of hydrogen-bond donors (Lipinski definition) is 0. The van der Waals surface area contributed by atoms with Gasteiger partial charge in [-0.3, -0.25) is 9.48 Å². The van der Waals surface area contributed by atoms with E-state index in [1.54, 1.807) is 6.20 Å². The summed E-state index contributed by atoms with van der Waals surface area (Å²) >= 11 is 0. The van der Waals surface area contributed by atoms with Crippen LogP contribution in [-0.2, 0) is 11.3 Å². The van der Waals surface area contributed by atoms with Crippen LogP contribution in [0.2, 0.25) is 0 Å². The van der Waals surface area contributed by atoms with Crippen LogP contribution in [0.1, 0.15) is 41.6 Å². The van der Waals surface area contributed by atoms with Gasteiger partial charge in [0, 0.05) is 24.5 Å². The summed E-state index contributed by atoms with van der Waals surface area (Å²) in [7, 11) is 0. The van der Waals surface area contributed by atoms with E-state index in [2.05, 4.69) is 5.10 Å². The van der Waals surface area contributed by atoms with Crippen molar-refractivity contribution in [2.75, 3.05) is 13.2 Å². The van der Waals surface area contributed by atoms with Crippen LogP contribution in [0.15, 0.2) is 42.7 Å². The van der Waals surface area contributed by atoms with Gasteiger partial charge >= 0.3 is 0 Å². The van der Waals surface area contributed by atoms with Crippen molar-refractivity contribution in [1.82, 2.24) is 14.7 Å². The van der Waals surface area contributed by atoms with Crippen LogP contribution in [0.5, 0.6) is 0 Å². The first-order chi connectivity index (χ1) is 11.8. The zero-order valence-corrected chi connectivity index (χ0v) is 13.8. The number of nitrogens with zero attached hydrogens (tertiary/aromatic N) is 3. The van der Waals surface area contributed by atoms with Gasteiger partial charge in [0.05, 0.1) is 25.3 Å². The molecule has 0 N–H and O–H groups in total. The largest absolute Gasteiger partial charge is 0.374 e. The molecule has 0 spiro atoms. The highest BCUT2D eigenvalue weighted by molar-refractivity contribution is 5.94. The van der Waals surface area contributed by atoms with Crippen LogP contribution >= 0.6 is 0 Å². The highest BCUT2D eigenvalue weighted by atomic mass is 16.5. The molecule has 2 aromatic rings. The number of hydrogen-bond acceptors (Lipinski definition) is 3. The smallest absolute Gasteiger partial charge is 0.254 e. The van der Waals surface area contributed by atoms with Gasteiger partial charge in [0.15, 0.2) is 0 Å². The lowest BCUT2D eigenvalue weighted by atomic mass is 9.89. The number of aromatic nitrogens is 2. The highest BCUT2D eigenvalue weighted by Gasteiger charge is 2.36. The van der Waals surface area contributed by atoms with Crippen molar-refractivity contribution >= 4 is 5.91 Å². The van der Waals surface area contributed by atoms with Gasteiger partial charge in [0.25, 0.3) is 5.91 Å². The standard InChI is InChI=1S/C19H23N3O2/c23-19(22-11-12-24-18-8-2-1-7-17(18)22)16-6-3-5-15(13-16)14-21-10-4-9-20-21/h3-6,9-10,13,17-18H,1-2,7-8,11-12,14H2/t17-,18-/m1/s1. The maximum atomic E-state index is 13.1. The number of ether oxygens (including phenoxy) is 1. The highest BCUT2D eigenvalue weighted by Crippen LogP contribution is 2.29. The van der Waals surface area contributed by atoms with E-state index in [0.717, 1.165) is 24.0 Å². The summed E-state index contributed by atoms with van der Waals surface area (Å²) in [5.74, 6) is 0.137. The first kappa shape index (κ1) is 15.4. The Hall–Kier alpha value is -2.14. The lowest BCUT2D eigenvalue weighted by Gasteiger charge is -2.43. The Morgan fingerprint density at radius 2 is 2.17 bits per heavy atom. The summed E-state index contributed by atoms with van der Waals surface area (Å²) in [4.78, 5) is 15.1. The predicted molar refractivity (Wildman–Crippen MR) is 90.8 cm³/mol. The van der Waals surface area contributed by atoms with Crippen molar-refractivity contribution in [2.45, 2.75) is 44.4 Å². The van der Waals surface area contributed by atoms with Gasteiger partial charge < -0.3 is 9.64 Å². The van der Waals surface area contributed by atoms with E-state index >= 15 is 0 Å². The monoisotopic (exact) mass is 325 g/mol. The predicted octanol–water partition coefficient (Wildman–Crippen LogP) is 2.72. The summed E-state index contributed by atoms with van der Waals surface area (Å²) in [5, 5.41) is 4.23. The topological polar surface area (TPSA) is 47.4 Å². The van der Waals surface area contributed by atoms with Crippen LogP contribution < -0.4 is 0 Å². The zero-order valence-electron chi connectivity index (χ0n) is 13.8. The van der Waals surface area contributed by atoms with Crippen molar-refractivity contribution in [3.05, 3.63) is 53.9 Å². The third-order valence-corrected chi connectivity index (χ3v) is 5.07. The molecular formula is C19H23N3O2. The molecule has 1 aromatic carbocycles. The van der Waals surface area contributed by atoms with Crippen LogP contribution in [0.4, 0.5) is 0 Å². The normalized spacial score (nSPS) is 23.8. The fourth-order valence-corrected chi connectivity index (χ4v) is 3.90. The van der Waals surface area contributed by atoms with Crippen LogP contribution in [0, 0.1) is 0 Å². The Balaban J connectivity index is 1.53. The van der Waals surface area contributed by atoms with Gasteiger partial charge in [-0.25, -0.2) is 0 Å². The number of carbonyl (C=O) groups excluding carboxylic acids is 1. The lowest BCUT2D eigenvalue weighted by molar-refractivity contribution is -0.0752. The third kappa shape index (κ3) is 3.08. The minimum atomic E-state index is 0.137. The molecule has 1 aliphatic carbocycles. The molecule has 1 amide bonds. The summed E-state index contributed by atoms with van der Waals surface area (Å²) in [5.41, 5.74) is 1.86. The summed E-state index contributed by atoms with van der Waals surface area (Å²) < 4.78 is 7.76. The van der Waals surface area contributed by atoms with Gasteiger partial charge in [0.1, 0.15) is 0 Å². The molecule has 2 heterocycles. The number of fused-ring (bicyclic) bond motifs is 1. The van der Waals surface area contributed by atoms with E-state index in [-0.39, 0.29) is 18.1 Å². The fraction of sp³-hybridized carbons (Fsp3) is 0.474. The molecule has 0 radical (unpaired) electrons. The molecule has 24 heavy (non-hydrogen) atoms. The van der Waals surface area contributed by atoms with Crippen molar-refractivity contribution in [3.8, 4) is 0 Å².